The third-order valence-corrected chi connectivity index (χ3v) is 4.29. The van der Waals surface area contributed by atoms with Crippen LogP contribution in [0, 0.1) is 0 Å². The third-order valence-electron chi connectivity index (χ3n) is 3.36. The smallest absolute Gasteiger partial charge is 0.907 e. The topological polar surface area (TPSA) is 69.2 Å². The number of rotatable bonds is 11. The Morgan fingerprint density at radius 1 is 0.792 bits per heavy atom. The molecule has 0 saturated carbocycles. The van der Waals surface area contributed by atoms with Gasteiger partial charge in [-0.05, 0) is 24.3 Å². The molecule has 0 aromatic carbocycles. The van der Waals surface area contributed by atoms with Crippen molar-refractivity contribution in [3.63, 3.8) is 0 Å². The van der Waals surface area contributed by atoms with E-state index >= 15 is 0 Å². The summed E-state index contributed by atoms with van der Waals surface area (Å²) in [4.78, 5) is 1.56. The monoisotopic (exact) mass is 380 g/mol. The average molecular weight is 380 g/mol. The minimum absolute atomic E-state index is 0. The number of hydrogen-bond acceptors (Lipinski definition) is 4. The molecule has 0 amide bonds. The molecule has 0 radical (unpaired) electrons. The van der Waals surface area contributed by atoms with Crippen molar-refractivity contribution in [1.29, 1.82) is 0 Å². The second-order valence-corrected chi connectivity index (χ2v) is 6.33. The van der Waals surface area contributed by atoms with E-state index in [0.717, 1.165) is 0 Å². The van der Waals surface area contributed by atoms with E-state index in [-0.39, 0.29) is 88.7 Å². The Morgan fingerprint density at radius 3 is 1.58 bits per heavy atom. The van der Waals surface area contributed by atoms with Crippen molar-refractivity contribution in [2.45, 2.75) is 77.6 Å². The Labute approximate surface area is 219 Å². The Morgan fingerprint density at radius 2 is 1.21 bits per heavy atom. The van der Waals surface area contributed by atoms with Crippen molar-refractivity contribution >= 4 is 18.7 Å². The summed E-state index contributed by atoms with van der Waals surface area (Å²) in [7, 11) is -2.92. The molecule has 0 saturated heterocycles. The molecule has 0 unspecified atom stereocenters. The number of thiophene rings is 1. The van der Waals surface area contributed by atoms with E-state index in [4.69, 9.17) is 15.1 Å². The van der Waals surface area contributed by atoms with Crippen LogP contribution in [0.25, 0.3) is 0 Å². The minimum atomic E-state index is -2.92. The van der Waals surface area contributed by atoms with Gasteiger partial charge in [0.05, 0.1) is 0 Å². The van der Waals surface area contributed by atoms with Crippen molar-refractivity contribution < 1.29 is 104 Å². The minimum Gasteiger partial charge on any atom is -0.907 e. The van der Waals surface area contributed by atoms with Crippen LogP contribution in [0.2, 0.25) is 0 Å². The molecule has 8 heteroatoms. The largest absolute Gasteiger partial charge is 1.00 e. The Kier molecular flexibility index (Phi) is 39.7. The zero-order valence-corrected chi connectivity index (χ0v) is 23.0. The molecule has 1 rings (SSSR count). The van der Waals surface area contributed by atoms with Gasteiger partial charge < -0.3 is 15.1 Å². The first-order chi connectivity index (χ1) is 10.2. The van der Waals surface area contributed by atoms with Gasteiger partial charge in [0.2, 0.25) is 0 Å². The van der Waals surface area contributed by atoms with Crippen molar-refractivity contribution in [3.8, 4) is 0 Å². The zero-order chi connectivity index (χ0) is 15.8. The first-order valence-corrected chi connectivity index (χ1v) is 9.04. The fourth-order valence-electron chi connectivity index (χ4n) is 2.24. The standard InChI is InChI=1S/C16H28S.BO3.3Na/c1-2-3-4-5-6-7-8-9-10-11-13-16-14-12-15-17-16;2-1(3)4;;;/h12,14-15H,2-11,13H2,1H3;;;;/q;-3;3*+1. The maximum atomic E-state index is 8.42. The average Bonchev–Trinajstić information content (AvgIpc) is 2.93. The SMILES string of the molecule is CCCCCCCCCCCCc1cccs1.[Na+].[Na+].[Na+].[O-]B([O-])[O-]. The number of hydrogen-bond donors (Lipinski definition) is 0. The molecule has 122 valence electrons. The van der Waals surface area contributed by atoms with Gasteiger partial charge in [-0.1, -0.05) is 70.8 Å². The number of aryl methyl sites for hydroxylation is 1. The third kappa shape index (κ3) is 29.4. The van der Waals surface area contributed by atoms with Gasteiger partial charge >= 0.3 is 88.7 Å². The van der Waals surface area contributed by atoms with Crippen LogP contribution in [0.15, 0.2) is 17.5 Å². The summed E-state index contributed by atoms with van der Waals surface area (Å²) in [5, 5.41) is 27.4. The van der Waals surface area contributed by atoms with Crippen LogP contribution in [0.1, 0.15) is 76.0 Å². The van der Waals surface area contributed by atoms with Crippen LogP contribution in [0.5, 0.6) is 0 Å². The van der Waals surface area contributed by atoms with Gasteiger partial charge in [-0.25, -0.2) is 0 Å². The summed E-state index contributed by atoms with van der Waals surface area (Å²) >= 11 is 1.90. The molecule has 0 aliphatic carbocycles. The van der Waals surface area contributed by atoms with Gasteiger partial charge in [0.15, 0.2) is 0 Å². The molecule has 0 atom stereocenters. The first-order valence-electron chi connectivity index (χ1n) is 8.16. The van der Waals surface area contributed by atoms with Crippen LogP contribution < -0.4 is 104 Å². The van der Waals surface area contributed by atoms with Crippen molar-refractivity contribution in [2.75, 3.05) is 0 Å². The fourth-order valence-corrected chi connectivity index (χ4v) is 2.99. The van der Waals surface area contributed by atoms with Gasteiger partial charge in [0.25, 0.3) is 0 Å². The summed E-state index contributed by atoms with van der Waals surface area (Å²) < 4.78 is 0. The second kappa shape index (κ2) is 27.9. The van der Waals surface area contributed by atoms with E-state index < -0.39 is 7.32 Å². The predicted molar refractivity (Wildman–Crippen MR) is 85.6 cm³/mol. The molecule has 0 fully saturated rings. The molecule has 0 bridgehead atoms. The molecule has 1 aromatic rings. The Hall–Kier alpha value is 2.64. The quantitative estimate of drug-likeness (QED) is 0.283. The normalized spacial score (nSPS) is 8.83. The van der Waals surface area contributed by atoms with Crippen LogP contribution >= 0.6 is 11.3 Å². The molecule has 0 aliphatic rings. The van der Waals surface area contributed by atoms with E-state index in [2.05, 4.69) is 24.4 Å². The molecule has 0 aliphatic heterocycles. The number of unbranched alkanes of at least 4 members (excludes halogenated alkanes) is 9. The van der Waals surface area contributed by atoms with Gasteiger partial charge in [-0.15, -0.1) is 11.3 Å². The van der Waals surface area contributed by atoms with Crippen molar-refractivity contribution in [2.24, 2.45) is 0 Å². The van der Waals surface area contributed by atoms with E-state index in [1.165, 1.54) is 70.6 Å². The van der Waals surface area contributed by atoms with Crippen LogP contribution in [-0.2, 0) is 6.42 Å². The summed E-state index contributed by atoms with van der Waals surface area (Å²) in [5.74, 6) is 0. The summed E-state index contributed by atoms with van der Waals surface area (Å²) in [6.45, 7) is 2.29. The van der Waals surface area contributed by atoms with Crippen LogP contribution in [-0.4, -0.2) is 7.32 Å². The fraction of sp³-hybridized carbons (Fsp3) is 0.750. The maximum absolute atomic E-state index is 8.42. The van der Waals surface area contributed by atoms with Crippen molar-refractivity contribution in [3.05, 3.63) is 22.4 Å². The van der Waals surface area contributed by atoms with Gasteiger partial charge in [0.1, 0.15) is 0 Å². The van der Waals surface area contributed by atoms with E-state index in [1.807, 2.05) is 11.3 Å². The summed E-state index contributed by atoms with van der Waals surface area (Å²) in [5.41, 5.74) is 0. The van der Waals surface area contributed by atoms with E-state index in [0.29, 0.717) is 0 Å². The van der Waals surface area contributed by atoms with Gasteiger partial charge in [-0.2, -0.15) is 0 Å². The Bertz CT molecular complexity index is 302. The molecule has 0 N–H and O–H groups in total. The maximum Gasteiger partial charge on any atom is 1.00 e. The molecule has 24 heavy (non-hydrogen) atoms. The summed E-state index contributed by atoms with van der Waals surface area (Å²) in [6, 6.07) is 4.43. The molecular weight excluding hydrogens is 352 g/mol. The van der Waals surface area contributed by atoms with E-state index in [9.17, 15) is 0 Å². The molecule has 0 spiro atoms. The molecule has 1 aromatic heterocycles. The molecular formula is C16H28BNa3O3S. The van der Waals surface area contributed by atoms with Gasteiger partial charge in [0, 0.05) is 4.88 Å². The van der Waals surface area contributed by atoms with Crippen LogP contribution in [0.3, 0.4) is 0 Å². The summed E-state index contributed by atoms with van der Waals surface area (Å²) in [6.07, 6.45) is 15.6. The van der Waals surface area contributed by atoms with Crippen LogP contribution in [0.4, 0.5) is 0 Å². The predicted octanol–water partition coefficient (Wildman–Crippen LogP) is -6.72. The van der Waals surface area contributed by atoms with E-state index in [1.54, 1.807) is 4.88 Å². The molecule has 3 nitrogen and oxygen atoms in total. The molecule has 1 heterocycles. The zero-order valence-electron chi connectivity index (χ0n) is 16.2. The Balaban J connectivity index is -0.000000258. The first kappa shape index (κ1) is 34.2. The second-order valence-electron chi connectivity index (χ2n) is 5.30. The van der Waals surface area contributed by atoms with Crippen molar-refractivity contribution in [1.82, 2.24) is 0 Å². The van der Waals surface area contributed by atoms with Gasteiger partial charge in [-0.3, -0.25) is 7.32 Å².